The fourth-order valence-electron chi connectivity index (χ4n) is 8.76. The molecule has 2 atom stereocenters. The molecule has 7 heterocycles. The predicted molar refractivity (Wildman–Crippen MR) is 201 cm³/mol. The summed E-state index contributed by atoms with van der Waals surface area (Å²) in [5.41, 5.74) is 5.36. The number of anilines is 2. The third kappa shape index (κ3) is 6.58. The summed E-state index contributed by atoms with van der Waals surface area (Å²) in [6.45, 7) is 3.51. The highest BCUT2D eigenvalue weighted by Gasteiger charge is 2.39. The molecule has 3 fully saturated rings. The van der Waals surface area contributed by atoms with E-state index >= 15 is 0 Å². The van der Waals surface area contributed by atoms with Crippen molar-refractivity contribution in [3.8, 4) is 11.3 Å². The number of carbonyl (C=O) groups excluding carboxylic acids is 3. The van der Waals surface area contributed by atoms with Crippen LogP contribution in [0.15, 0.2) is 73.1 Å². The molecule has 3 saturated heterocycles. The minimum absolute atomic E-state index is 0.159. The van der Waals surface area contributed by atoms with Gasteiger partial charge in [0.2, 0.25) is 11.8 Å². The molecule has 0 spiro atoms. The maximum atomic E-state index is 14.8. The summed E-state index contributed by atoms with van der Waals surface area (Å²) in [7, 11) is 2.14. The van der Waals surface area contributed by atoms with Crippen LogP contribution in [-0.2, 0) is 22.7 Å². The number of aromatic nitrogens is 4. The number of halogens is 2. The molecule has 0 saturated carbocycles. The SMILES string of the molecule is CN(Cc1ccc2c(c1)CN(C1CCC(=O)NC1=O)C2=O)C1CCN(c2cccc(-c3cnn4ccc(N5CCC[C@@H]5c5ccc(F)cc5F)nc34)n2)CC1. The largest absolute Gasteiger partial charge is 0.356 e. The van der Waals surface area contributed by atoms with Crippen molar-refractivity contribution in [1.82, 2.24) is 34.7 Å². The van der Waals surface area contributed by atoms with Crippen molar-refractivity contribution >= 4 is 35.0 Å². The van der Waals surface area contributed by atoms with E-state index in [9.17, 15) is 23.2 Å². The zero-order valence-electron chi connectivity index (χ0n) is 30.5. The maximum absolute atomic E-state index is 14.8. The Bertz CT molecular complexity index is 2320. The number of rotatable bonds is 8. The average Bonchev–Trinajstić information content (AvgIpc) is 3.92. The van der Waals surface area contributed by atoms with Gasteiger partial charge in [0.1, 0.15) is 29.3 Å². The van der Waals surface area contributed by atoms with E-state index in [0.717, 1.165) is 79.6 Å². The Kier molecular flexibility index (Phi) is 8.99. The summed E-state index contributed by atoms with van der Waals surface area (Å²) >= 11 is 0. The molecular weight excluding hydrogens is 705 g/mol. The van der Waals surface area contributed by atoms with Gasteiger partial charge in [-0.3, -0.25) is 24.6 Å². The Hall–Kier alpha value is -5.76. The second-order valence-electron chi connectivity index (χ2n) is 15.0. The van der Waals surface area contributed by atoms with Gasteiger partial charge in [-0.25, -0.2) is 23.3 Å². The quantitative estimate of drug-likeness (QED) is 0.212. The van der Waals surface area contributed by atoms with E-state index in [2.05, 4.69) is 38.2 Å². The zero-order valence-corrected chi connectivity index (χ0v) is 30.5. The van der Waals surface area contributed by atoms with Gasteiger partial charge < -0.3 is 14.7 Å². The lowest BCUT2D eigenvalue weighted by Crippen LogP contribution is -2.52. The normalized spacial score (nSPS) is 20.6. The minimum atomic E-state index is -0.621. The molecule has 3 amide bonds. The van der Waals surface area contributed by atoms with Gasteiger partial charge >= 0.3 is 0 Å². The average molecular weight is 746 g/mol. The van der Waals surface area contributed by atoms with Crippen LogP contribution in [0.5, 0.6) is 0 Å². The van der Waals surface area contributed by atoms with Gasteiger partial charge in [0.25, 0.3) is 5.91 Å². The molecule has 282 valence electrons. The van der Waals surface area contributed by atoms with Crippen LogP contribution in [0.2, 0.25) is 0 Å². The number of amides is 3. The second kappa shape index (κ2) is 14.1. The fraction of sp³-hybridized carbons (Fsp3) is 0.366. The van der Waals surface area contributed by atoms with Gasteiger partial charge in [0.15, 0.2) is 5.65 Å². The molecule has 4 aliphatic rings. The van der Waals surface area contributed by atoms with Gasteiger partial charge in [0.05, 0.1) is 23.5 Å². The van der Waals surface area contributed by atoms with E-state index in [1.54, 1.807) is 15.6 Å². The molecule has 0 aliphatic carbocycles. The van der Waals surface area contributed by atoms with E-state index < -0.39 is 23.6 Å². The summed E-state index contributed by atoms with van der Waals surface area (Å²) in [5, 5.41) is 6.92. The molecule has 12 nitrogen and oxygen atoms in total. The summed E-state index contributed by atoms with van der Waals surface area (Å²) in [4.78, 5) is 55.7. The lowest BCUT2D eigenvalue weighted by Gasteiger charge is -2.37. The van der Waals surface area contributed by atoms with Crippen LogP contribution in [0.1, 0.15) is 71.6 Å². The number of carbonyl (C=O) groups is 3. The van der Waals surface area contributed by atoms with Gasteiger partial charge in [-0.1, -0.05) is 24.3 Å². The summed E-state index contributed by atoms with van der Waals surface area (Å²) < 4.78 is 30.2. The number of benzene rings is 2. The van der Waals surface area contributed by atoms with Gasteiger partial charge in [-0.2, -0.15) is 5.10 Å². The number of imide groups is 1. The number of hydrogen-bond donors (Lipinski definition) is 1. The smallest absolute Gasteiger partial charge is 0.255 e. The van der Waals surface area contributed by atoms with Crippen molar-refractivity contribution in [3.05, 3.63) is 107 Å². The maximum Gasteiger partial charge on any atom is 0.255 e. The Labute approximate surface area is 316 Å². The molecule has 55 heavy (non-hydrogen) atoms. The Morgan fingerprint density at radius 3 is 2.53 bits per heavy atom. The standard InChI is InChI=1S/C41H41F2N9O3/c1-48(23-25-7-9-29-26(20-25)24-51(41(29)55)35-11-12-38(53)47-40(35)54)28-13-17-49(18-14-28)36-6-2-4-33(45-36)31-22-44-52-19-15-37(46-39(31)52)50-16-3-5-34(50)30-10-8-27(42)21-32(30)43/h2,4,6-10,15,19-22,28,34-35H,3,5,11-14,16-18,23-24H2,1H3,(H,47,53,54)/t34-,35?/m1/s1. The first-order valence-corrected chi connectivity index (χ1v) is 19.0. The first-order valence-electron chi connectivity index (χ1n) is 19.0. The van der Waals surface area contributed by atoms with Crippen molar-refractivity contribution in [3.63, 3.8) is 0 Å². The van der Waals surface area contributed by atoms with E-state index in [1.165, 1.54) is 12.1 Å². The Morgan fingerprint density at radius 2 is 1.71 bits per heavy atom. The van der Waals surface area contributed by atoms with Crippen LogP contribution in [0.3, 0.4) is 0 Å². The van der Waals surface area contributed by atoms with Crippen molar-refractivity contribution in [2.45, 2.75) is 69.7 Å². The second-order valence-corrected chi connectivity index (χ2v) is 15.0. The molecule has 0 bridgehead atoms. The van der Waals surface area contributed by atoms with Crippen LogP contribution in [0.4, 0.5) is 20.4 Å². The monoisotopic (exact) mass is 745 g/mol. The fourth-order valence-corrected chi connectivity index (χ4v) is 8.76. The van der Waals surface area contributed by atoms with Crippen LogP contribution < -0.4 is 15.1 Å². The van der Waals surface area contributed by atoms with Crippen LogP contribution >= 0.6 is 0 Å². The van der Waals surface area contributed by atoms with Gasteiger partial charge in [0, 0.05) is 68.6 Å². The van der Waals surface area contributed by atoms with Crippen molar-refractivity contribution in [1.29, 1.82) is 0 Å². The molecule has 3 aromatic heterocycles. The zero-order chi connectivity index (χ0) is 37.8. The molecule has 4 aliphatic heterocycles. The molecule has 0 radical (unpaired) electrons. The van der Waals surface area contributed by atoms with E-state index in [4.69, 9.17) is 9.97 Å². The number of hydrogen-bond acceptors (Lipinski definition) is 9. The van der Waals surface area contributed by atoms with Crippen LogP contribution in [0, 0.1) is 11.6 Å². The summed E-state index contributed by atoms with van der Waals surface area (Å²) in [5.74, 6) is -0.374. The number of pyridine rings is 1. The molecule has 1 N–H and O–H groups in total. The number of fused-ring (bicyclic) bond motifs is 2. The number of nitrogens with one attached hydrogen (secondary N) is 1. The molecule has 1 unspecified atom stereocenters. The van der Waals surface area contributed by atoms with Crippen molar-refractivity contribution in [2.75, 3.05) is 36.5 Å². The molecular formula is C41H41F2N9O3. The lowest BCUT2D eigenvalue weighted by atomic mass is 10.0. The van der Waals surface area contributed by atoms with Crippen LogP contribution in [0.25, 0.3) is 16.9 Å². The third-order valence-electron chi connectivity index (χ3n) is 11.7. The third-order valence-corrected chi connectivity index (χ3v) is 11.7. The molecule has 5 aromatic rings. The molecule has 2 aromatic carbocycles. The molecule has 14 heteroatoms. The van der Waals surface area contributed by atoms with Crippen molar-refractivity contribution < 1.29 is 23.2 Å². The highest BCUT2D eigenvalue weighted by Crippen LogP contribution is 2.37. The van der Waals surface area contributed by atoms with E-state index in [0.29, 0.717) is 48.1 Å². The first-order chi connectivity index (χ1) is 26.7. The lowest BCUT2D eigenvalue weighted by molar-refractivity contribution is -0.136. The Morgan fingerprint density at radius 1 is 0.855 bits per heavy atom. The summed E-state index contributed by atoms with van der Waals surface area (Å²) in [6, 6.07) is 17.1. The highest BCUT2D eigenvalue weighted by molar-refractivity contribution is 6.05. The minimum Gasteiger partial charge on any atom is -0.356 e. The number of piperidine rings is 2. The van der Waals surface area contributed by atoms with Crippen LogP contribution in [-0.4, -0.2) is 85.9 Å². The predicted octanol–water partition coefficient (Wildman–Crippen LogP) is 5.27. The topological polar surface area (TPSA) is 119 Å². The number of nitrogens with zero attached hydrogens (tertiary/aromatic N) is 8. The van der Waals surface area contributed by atoms with Gasteiger partial charge in [-0.15, -0.1) is 0 Å². The van der Waals surface area contributed by atoms with E-state index in [1.807, 2.05) is 42.6 Å². The van der Waals surface area contributed by atoms with E-state index in [-0.39, 0.29) is 24.3 Å². The summed E-state index contributed by atoms with van der Waals surface area (Å²) in [6.07, 6.45) is 7.77. The van der Waals surface area contributed by atoms with Gasteiger partial charge in [-0.05, 0) is 80.6 Å². The molecule has 9 rings (SSSR count). The first kappa shape index (κ1) is 35.0. The highest BCUT2D eigenvalue weighted by atomic mass is 19.1. The Balaban J connectivity index is 0.851. The van der Waals surface area contributed by atoms with Crippen molar-refractivity contribution in [2.24, 2.45) is 0 Å².